The highest BCUT2D eigenvalue weighted by atomic mass is 127. The summed E-state index contributed by atoms with van der Waals surface area (Å²) in [6.45, 7) is 0.595. The van der Waals surface area contributed by atoms with Crippen molar-refractivity contribution < 1.29 is 18.3 Å². The molecule has 2 heterocycles. The minimum Gasteiger partial charge on any atom is -0.497 e. The molecule has 1 aliphatic heterocycles. The van der Waals surface area contributed by atoms with Gasteiger partial charge in [-0.1, -0.05) is 6.07 Å². The van der Waals surface area contributed by atoms with Crippen LogP contribution in [0.25, 0.3) is 0 Å². The van der Waals surface area contributed by atoms with Crippen molar-refractivity contribution in [2.45, 2.75) is 13.2 Å². The number of guanidine groups is 1. The van der Waals surface area contributed by atoms with Gasteiger partial charge in [-0.3, -0.25) is 4.99 Å². The molecular formula is C20H26F2IN5O2. The monoisotopic (exact) mass is 533 g/mol. The molecule has 1 aromatic heterocycles. The number of hydrogen-bond donors (Lipinski definition) is 1. The lowest BCUT2D eigenvalue weighted by Gasteiger charge is -2.37. The Kier molecular flexibility index (Phi) is 9.34. The zero-order valence-electron chi connectivity index (χ0n) is 16.9. The Morgan fingerprint density at radius 1 is 1.20 bits per heavy atom. The molecule has 1 N–H and O–H groups in total. The maximum absolute atomic E-state index is 12.7. The number of nitrogens with zero attached hydrogens (tertiary/aromatic N) is 4. The van der Waals surface area contributed by atoms with Gasteiger partial charge in [-0.05, 0) is 24.3 Å². The van der Waals surface area contributed by atoms with Crippen LogP contribution in [0.15, 0.2) is 47.6 Å². The molecule has 7 nitrogen and oxygen atoms in total. The summed E-state index contributed by atoms with van der Waals surface area (Å²) in [7, 11) is 3.18. The Morgan fingerprint density at radius 2 is 1.97 bits per heavy atom. The summed E-state index contributed by atoms with van der Waals surface area (Å²) in [5.41, 5.74) is 0.597. The normalized spacial score (nSPS) is 14.4. The van der Waals surface area contributed by atoms with E-state index in [1.165, 1.54) is 13.2 Å². The minimum atomic E-state index is -2.90. The molecule has 1 saturated heterocycles. The van der Waals surface area contributed by atoms with Crippen LogP contribution in [-0.2, 0) is 6.54 Å². The third-order valence-corrected chi connectivity index (χ3v) is 4.69. The summed E-state index contributed by atoms with van der Waals surface area (Å²) < 4.78 is 35.2. The van der Waals surface area contributed by atoms with Crippen LogP contribution < -0.4 is 19.7 Å². The number of nitrogens with one attached hydrogen (secondary N) is 1. The maximum Gasteiger partial charge on any atom is 0.387 e. The molecule has 0 unspecified atom stereocenters. The molecule has 0 saturated carbocycles. The van der Waals surface area contributed by atoms with Crippen molar-refractivity contribution in [2.24, 2.45) is 4.99 Å². The van der Waals surface area contributed by atoms with Gasteiger partial charge in [-0.25, -0.2) is 4.98 Å². The van der Waals surface area contributed by atoms with E-state index in [2.05, 4.69) is 29.8 Å². The van der Waals surface area contributed by atoms with Crippen molar-refractivity contribution in [3.63, 3.8) is 0 Å². The fraction of sp³-hybridized carbons (Fsp3) is 0.400. The van der Waals surface area contributed by atoms with Crippen LogP contribution >= 0.6 is 24.0 Å². The number of alkyl halides is 2. The van der Waals surface area contributed by atoms with Gasteiger partial charge in [-0.15, -0.1) is 24.0 Å². The third-order valence-electron chi connectivity index (χ3n) is 4.69. The molecule has 0 aliphatic carbocycles. The first-order chi connectivity index (χ1) is 14.1. The average molecular weight is 533 g/mol. The molecule has 0 radical (unpaired) electrons. The number of ether oxygens (including phenoxy) is 2. The van der Waals surface area contributed by atoms with Crippen molar-refractivity contribution in [1.82, 2.24) is 15.2 Å². The standard InChI is InChI=1S/C20H25F2N5O2.HI/c1-23-20(27-11-9-26(10-12-27)18-5-3-4-8-24-18)25-14-15-6-7-16(28-2)13-17(15)29-19(21)22;/h3-8,13,19H,9-12,14H2,1-2H3,(H,23,25);1H. The summed E-state index contributed by atoms with van der Waals surface area (Å²) in [6, 6.07) is 10.7. The molecule has 0 amide bonds. The summed E-state index contributed by atoms with van der Waals surface area (Å²) >= 11 is 0. The number of methoxy groups -OCH3 is 1. The molecular weight excluding hydrogens is 507 g/mol. The predicted molar refractivity (Wildman–Crippen MR) is 123 cm³/mol. The Labute approximate surface area is 192 Å². The van der Waals surface area contributed by atoms with Gasteiger partial charge in [0.25, 0.3) is 0 Å². The first-order valence-corrected chi connectivity index (χ1v) is 9.34. The van der Waals surface area contributed by atoms with E-state index < -0.39 is 6.61 Å². The molecule has 1 fully saturated rings. The first kappa shape index (κ1) is 23.9. The van der Waals surface area contributed by atoms with Crippen molar-refractivity contribution in [3.05, 3.63) is 48.2 Å². The molecule has 1 aromatic carbocycles. The first-order valence-electron chi connectivity index (χ1n) is 9.34. The van der Waals surface area contributed by atoms with Crippen LogP contribution in [0.3, 0.4) is 0 Å². The Bertz CT molecular complexity index is 818. The molecule has 0 atom stereocenters. The Balaban J connectivity index is 0.00000320. The highest BCUT2D eigenvalue weighted by Crippen LogP contribution is 2.26. The zero-order chi connectivity index (χ0) is 20.6. The summed E-state index contributed by atoms with van der Waals surface area (Å²) in [4.78, 5) is 13.1. The molecule has 164 valence electrons. The van der Waals surface area contributed by atoms with Gasteiger partial charge in [0.05, 0.1) is 7.11 Å². The number of anilines is 1. The van der Waals surface area contributed by atoms with Crippen molar-refractivity contribution >= 4 is 35.8 Å². The van der Waals surface area contributed by atoms with E-state index in [0.717, 1.165) is 32.0 Å². The van der Waals surface area contributed by atoms with Crippen LogP contribution in [-0.4, -0.2) is 62.8 Å². The van der Waals surface area contributed by atoms with E-state index >= 15 is 0 Å². The van der Waals surface area contributed by atoms with Gasteiger partial charge in [0.2, 0.25) is 0 Å². The molecule has 30 heavy (non-hydrogen) atoms. The topological polar surface area (TPSA) is 62.2 Å². The average Bonchev–Trinajstić information content (AvgIpc) is 2.75. The van der Waals surface area contributed by atoms with Crippen molar-refractivity contribution in [3.8, 4) is 11.5 Å². The number of piperazine rings is 1. The SMILES string of the molecule is CN=C(NCc1ccc(OC)cc1OC(F)F)N1CCN(c2ccccn2)CC1.I. The van der Waals surface area contributed by atoms with E-state index in [4.69, 9.17) is 4.74 Å². The van der Waals surface area contributed by atoms with Gasteiger partial charge in [0, 0.05) is 57.6 Å². The molecule has 0 bridgehead atoms. The van der Waals surface area contributed by atoms with E-state index in [1.807, 2.05) is 18.2 Å². The van der Waals surface area contributed by atoms with E-state index in [-0.39, 0.29) is 29.7 Å². The molecule has 1 aliphatic rings. The van der Waals surface area contributed by atoms with Gasteiger partial charge < -0.3 is 24.6 Å². The predicted octanol–water partition coefficient (Wildman–Crippen LogP) is 3.21. The lowest BCUT2D eigenvalue weighted by molar-refractivity contribution is -0.0505. The zero-order valence-corrected chi connectivity index (χ0v) is 19.3. The highest BCUT2D eigenvalue weighted by Gasteiger charge is 2.21. The van der Waals surface area contributed by atoms with Crippen LogP contribution in [0.5, 0.6) is 11.5 Å². The van der Waals surface area contributed by atoms with Crippen LogP contribution in [0.1, 0.15) is 5.56 Å². The van der Waals surface area contributed by atoms with Gasteiger partial charge >= 0.3 is 6.61 Å². The van der Waals surface area contributed by atoms with E-state index in [9.17, 15) is 8.78 Å². The van der Waals surface area contributed by atoms with Crippen molar-refractivity contribution in [1.29, 1.82) is 0 Å². The van der Waals surface area contributed by atoms with Crippen LogP contribution in [0, 0.1) is 0 Å². The lowest BCUT2D eigenvalue weighted by Crippen LogP contribution is -2.52. The molecule has 10 heteroatoms. The number of halogens is 3. The van der Waals surface area contributed by atoms with Gasteiger partial charge in [0.15, 0.2) is 5.96 Å². The lowest BCUT2D eigenvalue weighted by atomic mass is 10.2. The van der Waals surface area contributed by atoms with Crippen molar-refractivity contribution in [2.75, 3.05) is 45.2 Å². The Hall–Kier alpha value is -2.37. The number of rotatable bonds is 6. The Morgan fingerprint density at radius 3 is 2.57 bits per heavy atom. The third kappa shape index (κ3) is 6.31. The number of pyridine rings is 1. The molecule has 3 rings (SSSR count). The smallest absolute Gasteiger partial charge is 0.387 e. The fourth-order valence-electron chi connectivity index (χ4n) is 3.21. The van der Waals surface area contributed by atoms with Crippen LogP contribution in [0.2, 0.25) is 0 Å². The second-order valence-electron chi connectivity index (χ2n) is 6.41. The quantitative estimate of drug-likeness (QED) is 0.350. The van der Waals surface area contributed by atoms with Gasteiger partial charge in [0.1, 0.15) is 17.3 Å². The fourth-order valence-corrected chi connectivity index (χ4v) is 3.21. The summed E-state index contributed by atoms with van der Waals surface area (Å²) in [5.74, 6) is 2.22. The molecule has 2 aromatic rings. The number of aliphatic imine (C=N–C) groups is 1. The second-order valence-corrected chi connectivity index (χ2v) is 6.41. The minimum absolute atomic E-state index is 0. The maximum atomic E-state index is 12.7. The number of benzene rings is 1. The van der Waals surface area contributed by atoms with Crippen LogP contribution in [0.4, 0.5) is 14.6 Å². The number of hydrogen-bond acceptors (Lipinski definition) is 5. The second kappa shape index (κ2) is 11.7. The summed E-state index contributed by atoms with van der Waals surface area (Å²) in [5, 5.41) is 3.24. The summed E-state index contributed by atoms with van der Waals surface area (Å²) in [6.07, 6.45) is 1.79. The van der Waals surface area contributed by atoms with E-state index in [0.29, 0.717) is 23.8 Å². The van der Waals surface area contributed by atoms with Gasteiger partial charge in [-0.2, -0.15) is 8.78 Å². The molecule has 0 spiro atoms. The number of aromatic nitrogens is 1. The highest BCUT2D eigenvalue weighted by molar-refractivity contribution is 14.0. The van der Waals surface area contributed by atoms with E-state index in [1.54, 1.807) is 25.4 Å². The largest absolute Gasteiger partial charge is 0.497 e.